The predicted octanol–water partition coefficient (Wildman–Crippen LogP) is 3.15. The van der Waals surface area contributed by atoms with E-state index < -0.39 is 12.0 Å². The highest BCUT2D eigenvalue weighted by molar-refractivity contribution is 6.33. The highest BCUT2D eigenvalue weighted by Crippen LogP contribution is 2.30. The van der Waals surface area contributed by atoms with Gasteiger partial charge in [-0.2, -0.15) is 18.3 Å². The van der Waals surface area contributed by atoms with Crippen LogP contribution < -0.4 is 0 Å². The number of hydrogen-bond acceptors (Lipinski definition) is 3. The minimum Gasteiger partial charge on any atom is -0.247 e. The van der Waals surface area contributed by atoms with E-state index in [-0.39, 0.29) is 16.7 Å². The van der Waals surface area contributed by atoms with E-state index in [4.69, 9.17) is 11.6 Å². The van der Waals surface area contributed by atoms with Crippen LogP contribution in [0.25, 0.3) is 11.0 Å². The molecular formula is C10H10ClF3N4. The van der Waals surface area contributed by atoms with Crippen LogP contribution in [0.2, 0.25) is 5.15 Å². The van der Waals surface area contributed by atoms with Crippen molar-refractivity contribution in [3.05, 3.63) is 17.2 Å². The van der Waals surface area contributed by atoms with Gasteiger partial charge in [-0.25, -0.2) is 14.6 Å². The van der Waals surface area contributed by atoms with Gasteiger partial charge in [0.05, 0.1) is 11.6 Å². The van der Waals surface area contributed by atoms with Crippen LogP contribution >= 0.6 is 11.6 Å². The summed E-state index contributed by atoms with van der Waals surface area (Å²) in [5.74, 6) is -1.01. The smallest absolute Gasteiger partial charge is 0.247 e. The number of hydrogen-bond donors (Lipinski definition) is 0. The van der Waals surface area contributed by atoms with Crippen LogP contribution in [0.3, 0.4) is 0 Å². The Morgan fingerprint density at radius 2 is 2.00 bits per heavy atom. The van der Waals surface area contributed by atoms with Gasteiger partial charge < -0.3 is 0 Å². The highest BCUT2D eigenvalue weighted by Gasteiger charge is 2.36. The third-order valence-corrected chi connectivity index (χ3v) is 2.53. The van der Waals surface area contributed by atoms with Crippen LogP contribution in [0.4, 0.5) is 13.2 Å². The van der Waals surface area contributed by atoms with Crippen LogP contribution in [-0.2, 0) is 12.7 Å². The van der Waals surface area contributed by atoms with E-state index in [1.807, 2.05) is 13.8 Å². The van der Waals surface area contributed by atoms with Crippen molar-refractivity contribution in [3.63, 3.8) is 0 Å². The second-order valence-electron chi connectivity index (χ2n) is 4.29. The van der Waals surface area contributed by atoms with Gasteiger partial charge in [-0.1, -0.05) is 25.4 Å². The molecule has 0 amide bonds. The van der Waals surface area contributed by atoms with E-state index in [0.717, 1.165) is 0 Å². The molecule has 0 fully saturated rings. The van der Waals surface area contributed by atoms with Crippen LogP contribution in [0.15, 0.2) is 6.20 Å². The zero-order chi connectivity index (χ0) is 13.5. The molecule has 2 aromatic rings. The Balaban J connectivity index is 2.61. The van der Waals surface area contributed by atoms with Crippen molar-refractivity contribution in [2.75, 3.05) is 0 Å². The Hall–Kier alpha value is -1.37. The van der Waals surface area contributed by atoms with Crippen LogP contribution in [0, 0.1) is 5.92 Å². The molecule has 0 saturated heterocycles. The van der Waals surface area contributed by atoms with Crippen molar-refractivity contribution in [2.24, 2.45) is 5.92 Å². The van der Waals surface area contributed by atoms with Gasteiger partial charge in [0.2, 0.25) is 5.82 Å². The van der Waals surface area contributed by atoms with E-state index in [2.05, 4.69) is 15.1 Å². The molecule has 0 spiro atoms. The average molecular weight is 279 g/mol. The Morgan fingerprint density at radius 3 is 2.56 bits per heavy atom. The lowest BCUT2D eigenvalue weighted by Gasteiger charge is -2.08. The molecule has 2 heterocycles. The summed E-state index contributed by atoms with van der Waals surface area (Å²) in [6, 6.07) is 0. The van der Waals surface area contributed by atoms with Crippen molar-refractivity contribution in [1.82, 2.24) is 19.7 Å². The van der Waals surface area contributed by atoms with Crippen molar-refractivity contribution < 1.29 is 13.2 Å². The maximum atomic E-state index is 12.6. The average Bonchev–Trinajstić information content (AvgIpc) is 2.60. The SMILES string of the molecule is CC(C)Cn1ncc2c(Cl)nc(C(F)(F)F)nc21. The van der Waals surface area contributed by atoms with Gasteiger partial charge in [0.15, 0.2) is 5.65 Å². The van der Waals surface area contributed by atoms with Crippen molar-refractivity contribution in [2.45, 2.75) is 26.6 Å². The molecule has 0 radical (unpaired) electrons. The zero-order valence-corrected chi connectivity index (χ0v) is 10.4. The molecular weight excluding hydrogens is 269 g/mol. The maximum absolute atomic E-state index is 12.6. The van der Waals surface area contributed by atoms with Crippen molar-refractivity contribution in [3.8, 4) is 0 Å². The van der Waals surface area contributed by atoms with Crippen LogP contribution in [0.5, 0.6) is 0 Å². The molecule has 0 aliphatic rings. The van der Waals surface area contributed by atoms with E-state index in [1.165, 1.54) is 10.9 Å². The zero-order valence-electron chi connectivity index (χ0n) is 9.66. The minimum absolute atomic E-state index is 0.107. The molecule has 0 N–H and O–H groups in total. The summed E-state index contributed by atoms with van der Waals surface area (Å²) < 4.78 is 39.2. The molecule has 18 heavy (non-hydrogen) atoms. The van der Waals surface area contributed by atoms with Gasteiger partial charge in [-0.3, -0.25) is 0 Å². The first-order valence-electron chi connectivity index (χ1n) is 5.25. The van der Waals surface area contributed by atoms with Crippen LogP contribution in [-0.4, -0.2) is 19.7 Å². The van der Waals surface area contributed by atoms with E-state index in [0.29, 0.717) is 11.9 Å². The van der Waals surface area contributed by atoms with E-state index in [1.54, 1.807) is 0 Å². The summed E-state index contributed by atoms with van der Waals surface area (Å²) in [5, 5.41) is 4.07. The summed E-state index contributed by atoms with van der Waals surface area (Å²) in [7, 11) is 0. The fourth-order valence-electron chi connectivity index (χ4n) is 1.53. The minimum atomic E-state index is -4.62. The summed E-state index contributed by atoms with van der Waals surface area (Å²) in [6.07, 6.45) is -3.25. The molecule has 0 aromatic carbocycles. The fraction of sp³-hybridized carbons (Fsp3) is 0.500. The summed E-state index contributed by atoms with van der Waals surface area (Å²) in [5.41, 5.74) is 0.107. The molecule has 0 saturated carbocycles. The maximum Gasteiger partial charge on any atom is 0.451 e. The quantitative estimate of drug-likeness (QED) is 0.793. The van der Waals surface area contributed by atoms with Gasteiger partial charge in [0, 0.05) is 6.54 Å². The molecule has 0 aliphatic heterocycles. The Labute approximate surface area is 106 Å². The fourth-order valence-corrected chi connectivity index (χ4v) is 1.74. The number of halogens is 4. The standard InChI is InChI=1S/C10H10ClF3N4/c1-5(2)4-18-8-6(3-15-18)7(11)16-9(17-8)10(12,13)14/h3,5H,4H2,1-2H3. The van der Waals surface area contributed by atoms with Gasteiger partial charge in [0.25, 0.3) is 0 Å². The molecule has 98 valence electrons. The second kappa shape index (κ2) is 4.38. The Morgan fingerprint density at radius 1 is 1.33 bits per heavy atom. The number of nitrogens with zero attached hydrogens (tertiary/aromatic N) is 4. The molecule has 0 unspecified atom stereocenters. The third-order valence-electron chi connectivity index (χ3n) is 2.24. The first-order chi connectivity index (χ1) is 8.29. The van der Waals surface area contributed by atoms with Gasteiger partial charge in [-0.15, -0.1) is 0 Å². The number of rotatable bonds is 2. The van der Waals surface area contributed by atoms with Gasteiger partial charge in [-0.05, 0) is 5.92 Å². The van der Waals surface area contributed by atoms with Gasteiger partial charge >= 0.3 is 6.18 Å². The van der Waals surface area contributed by atoms with Crippen molar-refractivity contribution >= 4 is 22.6 Å². The molecule has 0 aliphatic carbocycles. The third kappa shape index (κ3) is 2.40. The Kier molecular flexibility index (Phi) is 3.18. The molecule has 0 atom stereocenters. The lowest BCUT2D eigenvalue weighted by Crippen LogP contribution is -2.13. The number of fused-ring (bicyclic) bond motifs is 1. The first-order valence-corrected chi connectivity index (χ1v) is 5.63. The number of aromatic nitrogens is 4. The van der Waals surface area contributed by atoms with Crippen molar-refractivity contribution in [1.29, 1.82) is 0 Å². The molecule has 2 rings (SSSR count). The lowest BCUT2D eigenvalue weighted by molar-refractivity contribution is -0.144. The normalized spacial score (nSPS) is 12.6. The number of alkyl halides is 3. The largest absolute Gasteiger partial charge is 0.451 e. The summed E-state index contributed by atoms with van der Waals surface area (Å²) in [4.78, 5) is 6.74. The Bertz CT molecular complexity index is 576. The monoisotopic (exact) mass is 278 g/mol. The topological polar surface area (TPSA) is 43.6 Å². The molecule has 0 bridgehead atoms. The summed E-state index contributed by atoms with van der Waals surface area (Å²) in [6.45, 7) is 4.33. The van der Waals surface area contributed by atoms with E-state index >= 15 is 0 Å². The molecule has 8 heteroatoms. The molecule has 2 aromatic heterocycles. The molecule has 4 nitrogen and oxygen atoms in total. The predicted molar refractivity (Wildman–Crippen MR) is 60.2 cm³/mol. The van der Waals surface area contributed by atoms with Crippen LogP contribution in [0.1, 0.15) is 19.7 Å². The van der Waals surface area contributed by atoms with Gasteiger partial charge in [0.1, 0.15) is 5.15 Å². The first kappa shape index (κ1) is 13.1. The lowest BCUT2D eigenvalue weighted by atomic mass is 10.2. The summed E-state index contributed by atoms with van der Waals surface area (Å²) >= 11 is 5.71. The highest BCUT2D eigenvalue weighted by atomic mass is 35.5. The van der Waals surface area contributed by atoms with E-state index in [9.17, 15) is 13.2 Å². The second-order valence-corrected chi connectivity index (χ2v) is 4.65.